The molecular weight excluding hydrogens is 182 g/mol. The molecule has 0 radical (unpaired) electrons. The second-order valence-corrected chi connectivity index (χ2v) is 3.93. The Hall–Kier alpha value is -1.29. The first kappa shape index (κ1) is 10.8. The molecule has 0 aliphatic carbocycles. The van der Waals surface area contributed by atoms with Crippen LogP contribution in [0.3, 0.4) is 0 Å². The van der Waals surface area contributed by atoms with E-state index >= 15 is 0 Å². The summed E-state index contributed by atoms with van der Waals surface area (Å²) in [4.78, 5) is 16.4. The van der Waals surface area contributed by atoms with Crippen molar-refractivity contribution in [2.24, 2.45) is 0 Å². The molecule has 1 N–H and O–H groups in total. The average Bonchev–Trinajstić information content (AvgIpc) is 2.27. The number of carbonyl (C=O) groups is 1. The maximum atomic E-state index is 11.5. The molecule has 0 aromatic carbocycles. The van der Waals surface area contributed by atoms with Crippen molar-refractivity contribution >= 4 is 5.97 Å². The monoisotopic (exact) mass is 197 g/mol. The van der Waals surface area contributed by atoms with Crippen molar-refractivity contribution in [2.45, 2.75) is 26.4 Å². The lowest BCUT2D eigenvalue weighted by molar-refractivity contribution is -0.149. The van der Waals surface area contributed by atoms with Gasteiger partial charge in [0.05, 0.1) is 12.1 Å². The Bertz CT molecular complexity index is 274. The summed E-state index contributed by atoms with van der Waals surface area (Å²) in [6.45, 7) is 5.99. The molecule has 78 valence electrons. The van der Waals surface area contributed by atoms with Crippen molar-refractivity contribution in [2.75, 3.05) is 6.54 Å². The van der Waals surface area contributed by atoms with Crippen molar-refractivity contribution in [3.8, 4) is 0 Å². The molecule has 0 spiro atoms. The van der Waals surface area contributed by atoms with Gasteiger partial charge in [-0.3, -0.25) is 0 Å². The Kier molecular flexibility index (Phi) is 3.30. The van der Waals surface area contributed by atoms with Gasteiger partial charge in [-0.15, -0.1) is 0 Å². The molecule has 0 aromatic heterocycles. The molecule has 1 aliphatic rings. The molecule has 0 atom stereocenters. The molecule has 4 nitrogen and oxygen atoms in total. The molecule has 0 unspecified atom stereocenters. The third-order valence-electron chi connectivity index (χ3n) is 1.44. The fraction of sp³-hybridized carbons (Fsp3) is 0.500. The molecule has 0 bridgehead atoms. The van der Waals surface area contributed by atoms with Gasteiger partial charge < -0.3 is 9.57 Å². The molecule has 0 fully saturated rings. The van der Waals surface area contributed by atoms with Gasteiger partial charge in [-0.25, -0.2) is 4.79 Å². The lowest BCUT2D eigenvalue weighted by Crippen LogP contribution is -2.24. The Balaban J connectivity index is 2.63. The van der Waals surface area contributed by atoms with Crippen LogP contribution in [0.4, 0.5) is 0 Å². The SMILES string of the molecule is CC(C)(C)OC(=O)C1=CCNOC=C1. The minimum absolute atomic E-state index is 0.332. The highest BCUT2D eigenvalue weighted by Gasteiger charge is 2.18. The molecule has 4 heteroatoms. The number of hydrogen-bond acceptors (Lipinski definition) is 4. The van der Waals surface area contributed by atoms with Crippen LogP contribution in [0.1, 0.15) is 20.8 Å². The highest BCUT2D eigenvalue weighted by molar-refractivity contribution is 5.91. The Morgan fingerprint density at radius 1 is 1.57 bits per heavy atom. The highest BCUT2D eigenvalue weighted by atomic mass is 16.6. The first-order valence-corrected chi connectivity index (χ1v) is 4.47. The number of hydroxylamine groups is 1. The van der Waals surface area contributed by atoms with Gasteiger partial charge in [0.15, 0.2) is 0 Å². The zero-order valence-corrected chi connectivity index (χ0v) is 8.66. The molecule has 0 saturated carbocycles. The summed E-state index contributed by atoms with van der Waals surface area (Å²) in [5.41, 5.74) is 2.66. The van der Waals surface area contributed by atoms with Crippen LogP contribution in [0.2, 0.25) is 0 Å². The second kappa shape index (κ2) is 4.28. The third kappa shape index (κ3) is 3.62. The maximum Gasteiger partial charge on any atom is 0.338 e. The molecular formula is C10H15NO3. The number of carbonyl (C=O) groups excluding carboxylic acids is 1. The molecule has 14 heavy (non-hydrogen) atoms. The summed E-state index contributed by atoms with van der Waals surface area (Å²) in [6, 6.07) is 0. The number of ether oxygens (including phenoxy) is 1. The molecule has 0 saturated heterocycles. The van der Waals surface area contributed by atoms with Crippen LogP contribution < -0.4 is 5.48 Å². The Labute approximate surface area is 83.5 Å². The topological polar surface area (TPSA) is 47.6 Å². The van der Waals surface area contributed by atoms with E-state index in [0.717, 1.165) is 0 Å². The summed E-state index contributed by atoms with van der Waals surface area (Å²) < 4.78 is 5.19. The predicted octanol–water partition coefficient (Wildman–Crippen LogP) is 1.30. The number of nitrogens with one attached hydrogen (secondary N) is 1. The van der Waals surface area contributed by atoms with Crippen molar-refractivity contribution in [3.05, 3.63) is 24.0 Å². The fourth-order valence-electron chi connectivity index (χ4n) is 0.912. The fourth-order valence-corrected chi connectivity index (χ4v) is 0.912. The van der Waals surface area contributed by atoms with E-state index in [1.54, 1.807) is 12.2 Å². The van der Waals surface area contributed by atoms with Crippen molar-refractivity contribution in [3.63, 3.8) is 0 Å². The van der Waals surface area contributed by atoms with E-state index in [1.807, 2.05) is 20.8 Å². The first-order chi connectivity index (χ1) is 6.49. The van der Waals surface area contributed by atoms with Crippen molar-refractivity contribution < 1.29 is 14.4 Å². The molecule has 1 heterocycles. The van der Waals surface area contributed by atoms with E-state index in [2.05, 4.69) is 5.48 Å². The van der Waals surface area contributed by atoms with E-state index in [4.69, 9.17) is 9.57 Å². The van der Waals surface area contributed by atoms with Gasteiger partial charge in [0.2, 0.25) is 0 Å². The highest BCUT2D eigenvalue weighted by Crippen LogP contribution is 2.12. The zero-order valence-electron chi connectivity index (χ0n) is 8.66. The van der Waals surface area contributed by atoms with Crippen molar-refractivity contribution in [1.82, 2.24) is 5.48 Å². The van der Waals surface area contributed by atoms with E-state index in [9.17, 15) is 4.79 Å². The summed E-state index contributed by atoms with van der Waals surface area (Å²) in [6.07, 6.45) is 4.72. The Morgan fingerprint density at radius 2 is 2.29 bits per heavy atom. The van der Waals surface area contributed by atoms with Gasteiger partial charge in [0.1, 0.15) is 11.9 Å². The standard InChI is InChI=1S/C10H15NO3/c1-10(2,3)14-9(12)8-4-6-11-13-7-5-8/h4-5,7,11H,6H2,1-3H3. The van der Waals surface area contributed by atoms with E-state index in [1.165, 1.54) is 6.26 Å². The van der Waals surface area contributed by atoms with Gasteiger partial charge in [0.25, 0.3) is 0 Å². The third-order valence-corrected chi connectivity index (χ3v) is 1.44. The number of esters is 1. The Morgan fingerprint density at radius 3 is 2.93 bits per heavy atom. The minimum Gasteiger partial charge on any atom is -0.456 e. The zero-order chi connectivity index (χ0) is 10.6. The maximum absolute atomic E-state index is 11.5. The van der Waals surface area contributed by atoms with Crippen molar-refractivity contribution in [1.29, 1.82) is 0 Å². The summed E-state index contributed by atoms with van der Waals surface area (Å²) in [5, 5.41) is 0. The van der Waals surface area contributed by atoms with Crippen LogP contribution in [0.5, 0.6) is 0 Å². The molecule has 0 aromatic rings. The van der Waals surface area contributed by atoms with Gasteiger partial charge in [-0.2, -0.15) is 5.48 Å². The number of hydrogen-bond donors (Lipinski definition) is 1. The van der Waals surface area contributed by atoms with E-state index in [-0.39, 0.29) is 5.97 Å². The van der Waals surface area contributed by atoms with Crippen LogP contribution in [0, 0.1) is 0 Å². The predicted molar refractivity (Wildman–Crippen MR) is 52.2 cm³/mol. The normalized spacial score (nSPS) is 16.6. The summed E-state index contributed by atoms with van der Waals surface area (Å²) in [5.74, 6) is -0.332. The summed E-state index contributed by atoms with van der Waals surface area (Å²) >= 11 is 0. The van der Waals surface area contributed by atoms with E-state index in [0.29, 0.717) is 12.1 Å². The van der Waals surface area contributed by atoms with Gasteiger partial charge in [0, 0.05) is 0 Å². The lowest BCUT2D eigenvalue weighted by Gasteiger charge is -2.19. The molecule has 0 amide bonds. The van der Waals surface area contributed by atoms with Gasteiger partial charge in [-0.1, -0.05) is 6.08 Å². The smallest absolute Gasteiger partial charge is 0.338 e. The minimum atomic E-state index is -0.466. The summed E-state index contributed by atoms with van der Waals surface area (Å²) in [7, 11) is 0. The van der Waals surface area contributed by atoms with E-state index < -0.39 is 5.60 Å². The molecule has 1 rings (SSSR count). The first-order valence-electron chi connectivity index (χ1n) is 4.47. The largest absolute Gasteiger partial charge is 0.456 e. The van der Waals surface area contributed by atoms with Crippen LogP contribution in [-0.4, -0.2) is 18.1 Å². The quantitative estimate of drug-likeness (QED) is 0.644. The van der Waals surface area contributed by atoms with Gasteiger partial charge in [-0.05, 0) is 26.8 Å². The second-order valence-electron chi connectivity index (χ2n) is 3.93. The average molecular weight is 197 g/mol. The van der Waals surface area contributed by atoms with Gasteiger partial charge >= 0.3 is 5.97 Å². The van der Waals surface area contributed by atoms with Crippen LogP contribution in [-0.2, 0) is 14.4 Å². The lowest BCUT2D eigenvalue weighted by atomic mass is 10.2. The van der Waals surface area contributed by atoms with Crippen LogP contribution in [0.15, 0.2) is 24.0 Å². The van der Waals surface area contributed by atoms with Crippen LogP contribution in [0.25, 0.3) is 0 Å². The molecule has 1 aliphatic heterocycles. The van der Waals surface area contributed by atoms with Crippen LogP contribution >= 0.6 is 0 Å². The number of rotatable bonds is 1.